The van der Waals surface area contributed by atoms with Crippen molar-refractivity contribution in [2.75, 3.05) is 13.2 Å². The Morgan fingerprint density at radius 3 is 2.39 bits per heavy atom. The fraction of sp³-hybridized carbons (Fsp3) is 0.577. The fourth-order valence-corrected chi connectivity index (χ4v) is 4.03. The van der Waals surface area contributed by atoms with E-state index in [4.69, 9.17) is 16.2 Å². The molecule has 2 aliphatic heterocycles. The van der Waals surface area contributed by atoms with E-state index in [0.29, 0.717) is 13.0 Å². The van der Waals surface area contributed by atoms with Gasteiger partial charge in [-0.2, -0.15) is 0 Å². The van der Waals surface area contributed by atoms with E-state index in [1.54, 1.807) is 0 Å². The molecule has 7 nitrogen and oxygen atoms in total. The first-order valence-corrected chi connectivity index (χ1v) is 11.9. The van der Waals surface area contributed by atoms with E-state index < -0.39 is 0 Å². The zero-order valence-corrected chi connectivity index (χ0v) is 20.5. The monoisotopic (exact) mass is 456 g/mol. The molecular weight excluding hydrogens is 416 g/mol. The van der Waals surface area contributed by atoms with Gasteiger partial charge in [-0.15, -0.1) is 12.8 Å². The van der Waals surface area contributed by atoms with Crippen molar-refractivity contribution in [1.82, 2.24) is 4.90 Å². The fourth-order valence-electron chi connectivity index (χ4n) is 4.03. The molecule has 0 saturated heterocycles. The number of fused-ring (bicyclic) bond motifs is 1. The van der Waals surface area contributed by atoms with Gasteiger partial charge in [0.15, 0.2) is 5.96 Å². The number of carbonyl (C=O) groups excluding carboxylic acids is 2. The highest BCUT2D eigenvalue weighted by molar-refractivity contribution is 5.99. The highest BCUT2D eigenvalue weighted by atomic mass is 16.5. The van der Waals surface area contributed by atoms with Crippen molar-refractivity contribution in [2.24, 2.45) is 28.3 Å². The zero-order valence-electron chi connectivity index (χ0n) is 20.5. The molecule has 2 heterocycles. The number of hydrogen-bond donors (Lipinski definition) is 2. The van der Waals surface area contributed by atoms with Crippen molar-refractivity contribution in [3.63, 3.8) is 0 Å². The van der Waals surface area contributed by atoms with Gasteiger partial charge in [-0.25, -0.2) is 4.99 Å². The predicted octanol–water partition coefficient (Wildman–Crippen LogP) is 3.50. The van der Waals surface area contributed by atoms with Crippen LogP contribution in [-0.2, 0) is 16.0 Å². The summed E-state index contributed by atoms with van der Waals surface area (Å²) in [6, 6.07) is 8.25. The lowest BCUT2D eigenvalue weighted by Crippen LogP contribution is -2.52. The molecule has 0 radical (unpaired) electrons. The summed E-state index contributed by atoms with van der Waals surface area (Å²) in [5.41, 5.74) is 12.2. The second-order valence-corrected chi connectivity index (χ2v) is 8.15. The average molecular weight is 457 g/mol. The normalized spacial score (nSPS) is 21.7. The van der Waals surface area contributed by atoms with E-state index in [-0.39, 0.29) is 35.1 Å². The lowest BCUT2D eigenvalue weighted by molar-refractivity contribution is -0.130. The van der Waals surface area contributed by atoms with Gasteiger partial charge < -0.3 is 16.2 Å². The number of carbonyl (C=O) groups is 2. The van der Waals surface area contributed by atoms with Crippen LogP contribution in [0, 0.1) is 24.7 Å². The second kappa shape index (κ2) is 13.5. The third kappa shape index (κ3) is 7.52. The van der Waals surface area contributed by atoms with Crippen molar-refractivity contribution in [1.29, 1.82) is 0 Å². The van der Waals surface area contributed by atoms with Gasteiger partial charge in [-0.3, -0.25) is 14.5 Å². The van der Waals surface area contributed by atoms with Gasteiger partial charge >= 0.3 is 0 Å². The van der Waals surface area contributed by atoms with Crippen LogP contribution >= 0.6 is 0 Å². The molecule has 4 N–H and O–H groups in total. The van der Waals surface area contributed by atoms with Crippen LogP contribution in [0.2, 0.25) is 0 Å². The quantitative estimate of drug-likeness (QED) is 0.661. The van der Waals surface area contributed by atoms with Gasteiger partial charge in [-0.05, 0) is 49.7 Å². The lowest BCUT2D eigenvalue weighted by Gasteiger charge is -2.36. The summed E-state index contributed by atoms with van der Waals surface area (Å²) in [6.07, 6.45) is 13.1. The Morgan fingerprint density at radius 1 is 1.24 bits per heavy atom. The van der Waals surface area contributed by atoms with E-state index in [1.807, 2.05) is 39.8 Å². The molecule has 1 saturated carbocycles. The van der Waals surface area contributed by atoms with Crippen LogP contribution in [0.25, 0.3) is 0 Å². The smallest absolute Gasteiger partial charge is 0.231 e. The minimum absolute atomic E-state index is 0.00585. The number of guanidine groups is 1. The van der Waals surface area contributed by atoms with Gasteiger partial charge in [0.1, 0.15) is 5.75 Å². The molecule has 2 amide bonds. The summed E-state index contributed by atoms with van der Waals surface area (Å²) in [6.45, 7) is 9.39. The number of terminal acetylenes is 1. The molecule has 1 aromatic rings. The Balaban J connectivity index is 0.000000325. The molecule has 1 aromatic carbocycles. The first kappa shape index (κ1) is 28.0. The minimum atomic E-state index is -0.343. The summed E-state index contributed by atoms with van der Waals surface area (Å²) in [5, 5.41) is 0. The second-order valence-electron chi connectivity index (χ2n) is 8.15. The molecule has 2 atom stereocenters. The molecule has 3 aliphatic rings. The Bertz CT molecular complexity index is 805. The Morgan fingerprint density at radius 2 is 1.88 bits per heavy atom. The van der Waals surface area contributed by atoms with Gasteiger partial charge in [0.25, 0.3) is 0 Å². The van der Waals surface area contributed by atoms with Crippen molar-refractivity contribution in [3.8, 4) is 18.6 Å². The molecule has 33 heavy (non-hydrogen) atoms. The zero-order chi connectivity index (χ0) is 25.0. The van der Waals surface area contributed by atoms with E-state index in [2.05, 4.69) is 30.0 Å². The van der Waals surface area contributed by atoms with E-state index in [1.165, 1.54) is 16.9 Å². The topological polar surface area (TPSA) is 111 Å². The molecule has 4 rings (SSSR count). The Labute approximate surface area is 199 Å². The third-order valence-electron chi connectivity index (χ3n) is 6.25. The number of aliphatic imine (C=N–C) groups is 1. The number of nitrogens with two attached hydrogens (primary N) is 2. The maximum Gasteiger partial charge on any atom is 0.231 e. The van der Waals surface area contributed by atoms with Crippen LogP contribution < -0.4 is 16.2 Å². The van der Waals surface area contributed by atoms with Gasteiger partial charge in [-0.1, -0.05) is 45.9 Å². The molecule has 7 heteroatoms. The number of aryl methyl sites for hydroxylation is 1. The van der Waals surface area contributed by atoms with Crippen LogP contribution in [0.15, 0.2) is 29.3 Å². The number of ether oxygens (including phenoxy) is 1. The first-order chi connectivity index (χ1) is 15.9. The van der Waals surface area contributed by atoms with Crippen LogP contribution in [0.4, 0.5) is 0 Å². The molecule has 0 aromatic heterocycles. The first-order valence-electron chi connectivity index (χ1n) is 11.9. The minimum Gasteiger partial charge on any atom is -0.493 e. The molecule has 0 bridgehead atoms. The third-order valence-corrected chi connectivity index (χ3v) is 6.25. The van der Waals surface area contributed by atoms with Crippen LogP contribution in [0.3, 0.4) is 0 Å². The predicted molar refractivity (Wildman–Crippen MR) is 134 cm³/mol. The number of para-hydroxylation sites is 1. The number of rotatable bonds is 5. The SMILES string of the molecule is C#C.CC.CCC1(CC)CC(=O)N(C[C@H]2CC2C(N)=O)C(N)=N1.c1ccc2c(c1)CCCO2. The number of primary amides is 1. The van der Waals surface area contributed by atoms with Gasteiger partial charge in [0.05, 0.1) is 18.6 Å². The number of nitrogens with zero attached hydrogens (tertiary/aromatic N) is 2. The Hall–Kier alpha value is -3.01. The molecule has 0 spiro atoms. The van der Waals surface area contributed by atoms with Gasteiger partial charge in [0.2, 0.25) is 11.8 Å². The molecular formula is C26H40N4O3. The summed E-state index contributed by atoms with van der Waals surface area (Å²) in [7, 11) is 0. The largest absolute Gasteiger partial charge is 0.493 e. The molecule has 182 valence electrons. The van der Waals surface area contributed by atoms with Crippen molar-refractivity contribution in [3.05, 3.63) is 29.8 Å². The van der Waals surface area contributed by atoms with Crippen LogP contribution in [0.1, 0.15) is 65.4 Å². The summed E-state index contributed by atoms with van der Waals surface area (Å²) in [5.74, 6) is 1.12. The van der Waals surface area contributed by atoms with Crippen LogP contribution in [-0.4, -0.2) is 41.4 Å². The lowest BCUT2D eigenvalue weighted by atomic mass is 9.88. The van der Waals surface area contributed by atoms with Crippen molar-refractivity contribution >= 4 is 17.8 Å². The maximum absolute atomic E-state index is 12.2. The maximum atomic E-state index is 12.2. The highest BCUT2D eigenvalue weighted by Crippen LogP contribution is 2.39. The number of hydrogen-bond acceptors (Lipinski definition) is 5. The van der Waals surface area contributed by atoms with Crippen molar-refractivity contribution < 1.29 is 14.3 Å². The summed E-state index contributed by atoms with van der Waals surface area (Å²) in [4.78, 5) is 29.3. The molecule has 1 fully saturated rings. The standard InChI is InChI=1S/C13H22N4O2.C9H10O.C2H6.C2H2/c1-3-13(4-2)6-10(18)17(12(15)16-13)7-8-5-9(8)11(14)19;1-2-6-9-8(4-1)5-3-7-10-9;2*1-2/h8-9H,3-7H2,1-2H3,(H2,14,19)(H2,15,16);1-2,4,6H,3,5,7H2;1-2H3;1-2H/t8-,9?;;;/m1.../s1. The number of benzene rings is 1. The summed E-state index contributed by atoms with van der Waals surface area (Å²) >= 11 is 0. The molecule has 1 unspecified atom stereocenters. The molecule has 1 aliphatic carbocycles. The van der Waals surface area contributed by atoms with Gasteiger partial charge in [0, 0.05) is 12.5 Å². The number of amides is 2. The Kier molecular flexibility index (Phi) is 11.5. The van der Waals surface area contributed by atoms with E-state index in [0.717, 1.165) is 38.0 Å². The van der Waals surface area contributed by atoms with Crippen molar-refractivity contribution in [2.45, 2.75) is 71.8 Å². The van der Waals surface area contributed by atoms with Crippen LogP contribution in [0.5, 0.6) is 5.75 Å². The summed E-state index contributed by atoms with van der Waals surface area (Å²) < 4.78 is 5.42. The van der Waals surface area contributed by atoms with E-state index >= 15 is 0 Å². The van der Waals surface area contributed by atoms with E-state index in [9.17, 15) is 9.59 Å². The highest BCUT2D eigenvalue weighted by Gasteiger charge is 2.45. The average Bonchev–Trinajstić information content (AvgIpc) is 3.64.